The second-order valence-corrected chi connectivity index (χ2v) is 8.93. The molecule has 34 heavy (non-hydrogen) atoms. The lowest BCUT2D eigenvalue weighted by Crippen LogP contribution is -2.43. The van der Waals surface area contributed by atoms with Gasteiger partial charge in [-0.1, -0.05) is 11.6 Å². The first-order valence-corrected chi connectivity index (χ1v) is 11.3. The second kappa shape index (κ2) is 7.75. The van der Waals surface area contributed by atoms with Gasteiger partial charge in [-0.2, -0.15) is 4.98 Å². The molecule has 1 atom stereocenters. The van der Waals surface area contributed by atoms with E-state index in [0.717, 1.165) is 34.9 Å². The molecule has 1 fully saturated rings. The van der Waals surface area contributed by atoms with Gasteiger partial charge in [-0.15, -0.1) is 0 Å². The van der Waals surface area contributed by atoms with Crippen LogP contribution in [0.15, 0.2) is 45.9 Å². The number of anilines is 1. The van der Waals surface area contributed by atoms with E-state index in [1.165, 1.54) is 17.0 Å². The van der Waals surface area contributed by atoms with Crippen molar-refractivity contribution in [3.8, 4) is 23.0 Å². The summed E-state index contributed by atoms with van der Waals surface area (Å²) >= 11 is 5.89. The standard InChI is InChI=1S/C24H20ClFN6O2/c1-12-9-13(2)28-20(27-12)23-29-22(19(34-23)14-3-6-17(25)18(26)10-14)32-11-15-7-8-31(16-4-5-16)21(15)30-24(32)33/h3,6-11,16,24,33H,4-5H2,1-2H3. The van der Waals surface area contributed by atoms with Crippen LogP contribution in [0.1, 0.15) is 30.3 Å². The highest BCUT2D eigenvalue weighted by molar-refractivity contribution is 6.30. The van der Waals surface area contributed by atoms with Gasteiger partial charge in [-0.25, -0.2) is 19.4 Å². The molecule has 2 aliphatic rings. The number of fused-ring (bicyclic) bond motifs is 1. The Kier molecular flexibility index (Phi) is 4.79. The molecule has 0 radical (unpaired) electrons. The van der Waals surface area contributed by atoms with Crippen LogP contribution in [-0.2, 0) is 0 Å². The third kappa shape index (κ3) is 3.57. The third-order valence-electron chi connectivity index (χ3n) is 5.83. The van der Waals surface area contributed by atoms with Crippen molar-refractivity contribution in [2.24, 2.45) is 4.99 Å². The van der Waals surface area contributed by atoms with Gasteiger partial charge in [-0.05, 0) is 57.0 Å². The van der Waals surface area contributed by atoms with E-state index in [1.54, 1.807) is 12.3 Å². The maximum Gasteiger partial charge on any atom is 0.267 e. The van der Waals surface area contributed by atoms with Crippen LogP contribution in [0.5, 0.6) is 0 Å². The number of oxazole rings is 1. The van der Waals surface area contributed by atoms with Crippen molar-refractivity contribution in [1.82, 2.24) is 19.5 Å². The van der Waals surface area contributed by atoms with E-state index in [0.29, 0.717) is 17.4 Å². The summed E-state index contributed by atoms with van der Waals surface area (Å²) in [6.07, 6.45) is 4.71. The predicted octanol–water partition coefficient (Wildman–Crippen LogP) is 3.50. The largest absolute Gasteiger partial charge is 0.431 e. The maximum absolute atomic E-state index is 14.3. The number of hydrogen-bond donors (Lipinski definition) is 1. The van der Waals surface area contributed by atoms with Gasteiger partial charge in [0.05, 0.1) is 5.02 Å². The van der Waals surface area contributed by atoms with Crippen molar-refractivity contribution >= 4 is 23.6 Å². The number of halogens is 2. The van der Waals surface area contributed by atoms with Crippen LogP contribution < -0.4 is 15.6 Å². The van der Waals surface area contributed by atoms with Gasteiger partial charge in [0.2, 0.25) is 12.2 Å². The molecule has 0 bridgehead atoms. The van der Waals surface area contributed by atoms with Gasteiger partial charge in [-0.3, -0.25) is 4.90 Å². The molecular formula is C24H20ClFN6O2. The molecule has 1 aromatic carbocycles. The minimum absolute atomic E-state index is 0.00620. The van der Waals surface area contributed by atoms with Gasteiger partial charge in [0.1, 0.15) is 11.3 Å². The van der Waals surface area contributed by atoms with Crippen LogP contribution >= 0.6 is 11.6 Å². The average molecular weight is 479 g/mol. The second-order valence-electron chi connectivity index (χ2n) is 8.52. The lowest BCUT2D eigenvalue weighted by molar-refractivity contribution is 0.184. The summed E-state index contributed by atoms with van der Waals surface area (Å²) < 4.78 is 22.5. The number of hydrogen-bond acceptors (Lipinski definition) is 7. The van der Waals surface area contributed by atoms with Gasteiger partial charge in [0, 0.05) is 40.6 Å². The summed E-state index contributed by atoms with van der Waals surface area (Å²) in [6, 6.07) is 8.56. The lowest BCUT2D eigenvalue weighted by Gasteiger charge is -2.24. The van der Waals surface area contributed by atoms with Gasteiger partial charge in [0.15, 0.2) is 11.6 Å². The van der Waals surface area contributed by atoms with Crippen molar-refractivity contribution in [1.29, 1.82) is 0 Å². The quantitative estimate of drug-likeness (QED) is 0.482. The Labute approximate surface area is 198 Å². The van der Waals surface area contributed by atoms with E-state index in [-0.39, 0.29) is 22.5 Å². The van der Waals surface area contributed by atoms with Gasteiger partial charge in [0.25, 0.3) is 5.89 Å². The van der Waals surface area contributed by atoms with Crippen LogP contribution in [-0.4, -0.2) is 31.0 Å². The first-order chi connectivity index (χ1) is 16.4. The minimum atomic E-state index is -1.24. The Morgan fingerprint density at radius 2 is 1.85 bits per heavy atom. The number of nitrogens with zero attached hydrogens (tertiary/aromatic N) is 6. The van der Waals surface area contributed by atoms with Crippen molar-refractivity contribution < 1.29 is 13.9 Å². The summed E-state index contributed by atoms with van der Waals surface area (Å²) in [7, 11) is 0. The number of aliphatic hydroxyl groups is 1. The number of aromatic nitrogens is 4. The molecule has 1 aliphatic carbocycles. The molecule has 1 aliphatic heterocycles. The lowest BCUT2D eigenvalue weighted by atomic mass is 10.1. The van der Waals surface area contributed by atoms with Gasteiger partial charge >= 0.3 is 0 Å². The van der Waals surface area contributed by atoms with Crippen LogP contribution in [0.2, 0.25) is 5.02 Å². The number of benzene rings is 1. The van der Waals surface area contributed by atoms with E-state index in [2.05, 4.69) is 24.5 Å². The van der Waals surface area contributed by atoms with Crippen LogP contribution in [0, 0.1) is 19.7 Å². The van der Waals surface area contributed by atoms with Crippen molar-refractivity contribution in [2.45, 2.75) is 39.1 Å². The van der Waals surface area contributed by atoms with Crippen LogP contribution in [0.3, 0.4) is 0 Å². The van der Waals surface area contributed by atoms with Crippen molar-refractivity contribution in [3.05, 3.63) is 69.5 Å². The Morgan fingerprint density at radius 3 is 2.56 bits per heavy atom. The highest BCUT2D eigenvalue weighted by atomic mass is 35.5. The molecule has 4 heterocycles. The zero-order valence-corrected chi connectivity index (χ0v) is 19.2. The Hall–Kier alpha value is -3.56. The number of rotatable bonds is 4. The smallest absolute Gasteiger partial charge is 0.267 e. The Morgan fingerprint density at radius 1 is 1.09 bits per heavy atom. The molecule has 6 rings (SSSR count). The molecule has 1 saturated carbocycles. The van der Waals surface area contributed by atoms with E-state index >= 15 is 0 Å². The molecule has 0 spiro atoms. The number of aliphatic hydroxyl groups excluding tert-OH is 1. The fraction of sp³-hybridized carbons (Fsp3) is 0.250. The molecule has 3 aromatic heterocycles. The molecule has 1 unspecified atom stereocenters. The van der Waals surface area contributed by atoms with Crippen LogP contribution in [0.25, 0.3) is 29.2 Å². The van der Waals surface area contributed by atoms with Gasteiger partial charge < -0.3 is 14.1 Å². The molecule has 0 saturated heterocycles. The molecule has 8 nitrogen and oxygen atoms in total. The van der Waals surface area contributed by atoms with E-state index in [1.807, 2.05) is 32.2 Å². The fourth-order valence-corrected chi connectivity index (χ4v) is 4.25. The highest BCUT2D eigenvalue weighted by Gasteiger charge is 2.30. The predicted molar refractivity (Wildman–Crippen MR) is 124 cm³/mol. The zero-order valence-electron chi connectivity index (χ0n) is 18.4. The summed E-state index contributed by atoms with van der Waals surface area (Å²) in [6.45, 7) is 3.70. The Bertz CT molecular complexity index is 1540. The summed E-state index contributed by atoms with van der Waals surface area (Å²) in [5, 5.41) is 11.8. The highest BCUT2D eigenvalue weighted by Crippen LogP contribution is 2.37. The minimum Gasteiger partial charge on any atom is -0.431 e. The monoisotopic (exact) mass is 478 g/mol. The normalized spacial score (nSPS) is 17.3. The molecule has 4 aromatic rings. The summed E-state index contributed by atoms with van der Waals surface area (Å²) in [4.78, 5) is 19.5. The fourth-order valence-electron chi connectivity index (χ4n) is 4.13. The SMILES string of the molecule is Cc1cc(C)nc(-c2nc(N3C=c4ccn(C5CC5)c4=NC3O)c(-c3ccc(Cl)c(F)c3)o2)n1. The van der Waals surface area contributed by atoms with Crippen molar-refractivity contribution in [2.75, 3.05) is 4.90 Å². The average Bonchev–Trinajstić information content (AvgIpc) is 3.40. The molecule has 172 valence electrons. The van der Waals surface area contributed by atoms with E-state index < -0.39 is 12.2 Å². The molecule has 10 heteroatoms. The molecule has 0 amide bonds. The summed E-state index contributed by atoms with van der Waals surface area (Å²) in [5.41, 5.74) is 2.65. The van der Waals surface area contributed by atoms with E-state index in [9.17, 15) is 9.50 Å². The zero-order chi connectivity index (χ0) is 23.6. The Balaban J connectivity index is 1.53. The van der Waals surface area contributed by atoms with Crippen LogP contribution in [0.4, 0.5) is 10.2 Å². The first kappa shape index (κ1) is 21.0. The van der Waals surface area contributed by atoms with Crippen molar-refractivity contribution in [3.63, 3.8) is 0 Å². The maximum atomic E-state index is 14.3. The van der Waals surface area contributed by atoms with E-state index in [4.69, 9.17) is 16.0 Å². The topological polar surface area (TPSA) is 92.6 Å². The summed E-state index contributed by atoms with van der Waals surface area (Å²) in [5.74, 6) is 0.351. The molecular weight excluding hydrogens is 459 g/mol. The third-order valence-corrected chi connectivity index (χ3v) is 6.14. The molecule has 1 N–H and O–H groups in total. The number of aryl methyl sites for hydroxylation is 2. The first-order valence-electron chi connectivity index (χ1n) is 10.9.